The summed E-state index contributed by atoms with van der Waals surface area (Å²) in [6.07, 6.45) is 7.92. The smallest absolute Gasteiger partial charge is 0.267 e. The summed E-state index contributed by atoms with van der Waals surface area (Å²) >= 11 is 6.95. The van der Waals surface area contributed by atoms with E-state index in [9.17, 15) is 9.59 Å². The van der Waals surface area contributed by atoms with Crippen molar-refractivity contribution in [1.82, 2.24) is 19.2 Å². The Morgan fingerprint density at radius 2 is 1.80 bits per heavy atom. The quantitative estimate of drug-likeness (QED) is 0.221. The van der Waals surface area contributed by atoms with Crippen molar-refractivity contribution in [3.05, 3.63) is 80.6 Å². The maximum atomic E-state index is 13.9. The summed E-state index contributed by atoms with van der Waals surface area (Å²) in [6, 6.07) is 14.3. The van der Waals surface area contributed by atoms with Gasteiger partial charge in [-0.15, -0.1) is 0 Å². The van der Waals surface area contributed by atoms with Crippen LogP contribution >= 0.6 is 24.0 Å². The first kappa shape index (κ1) is 29.5. The fourth-order valence-corrected chi connectivity index (χ4v) is 6.79. The molecule has 0 aliphatic carbocycles. The predicted molar refractivity (Wildman–Crippen MR) is 173 cm³/mol. The zero-order valence-electron chi connectivity index (χ0n) is 24.2. The number of benzene rings is 1. The molecular weight excluding hydrogens is 551 g/mol. The second-order valence-corrected chi connectivity index (χ2v) is 12.7. The molecule has 4 heterocycles. The van der Waals surface area contributed by atoms with E-state index in [2.05, 4.69) is 47.9 Å². The van der Waals surface area contributed by atoms with Crippen molar-refractivity contribution in [3.8, 4) is 0 Å². The van der Waals surface area contributed by atoms with Crippen LogP contribution in [-0.2, 0) is 11.3 Å². The normalized spacial score (nSPS) is 18.2. The number of carbonyl (C=O) groups is 1. The number of thiocarbonyl (C=S) groups is 1. The van der Waals surface area contributed by atoms with Crippen LogP contribution in [0.3, 0.4) is 0 Å². The number of carbonyl (C=O) groups excluding carboxylic acids is 1. The average Bonchev–Trinajstić information content (AvgIpc) is 3.25. The summed E-state index contributed by atoms with van der Waals surface area (Å²) in [5.74, 6) is 0.940. The molecule has 1 aromatic carbocycles. The van der Waals surface area contributed by atoms with Crippen molar-refractivity contribution in [2.24, 2.45) is 5.92 Å². The second kappa shape index (κ2) is 13.3. The molecule has 3 aromatic rings. The third-order valence-corrected chi connectivity index (χ3v) is 9.42. The SMILES string of the molecule is CCCCC(CC)CN1C(=O)C(=Cc2c(N3CCN(Cc4ccccc4)CC3)nc3ccc(C)cn3c2=O)SC1=S. The lowest BCUT2D eigenvalue weighted by atomic mass is 9.99. The van der Waals surface area contributed by atoms with Gasteiger partial charge in [-0.2, -0.15) is 0 Å². The maximum absolute atomic E-state index is 13.9. The van der Waals surface area contributed by atoms with Crippen LogP contribution in [0.15, 0.2) is 58.4 Å². The Labute approximate surface area is 252 Å². The van der Waals surface area contributed by atoms with E-state index in [4.69, 9.17) is 17.2 Å². The summed E-state index contributed by atoms with van der Waals surface area (Å²) in [6.45, 7) is 11.1. The molecule has 1 amide bonds. The van der Waals surface area contributed by atoms with E-state index in [1.165, 1.54) is 17.3 Å². The van der Waals surface area contributed by atoms with Crippen molar-refractivity contribution in [2.75, 3.05) is 37.6 Å². The molecule has 2 saturated heterocycles. The third kappa shape index (κ3) is 6.74. The Balaban J connectivity index is 1.44. The van der Waals surface area contributed by atoms with E-state index in [0.717, 1.165) is 64.0 Å². The van der Waals surface area contributed by atoms with Crippen molar-refractivity contribution in [2.45, 2.75) is 53.0 Å². The fourth-order valence-electron chi connectivity index (χ4n) is 5.54. The molecule has 2 aromatic heterocycles. The molecule has 216 valence electrons. The van der Waals surface area contributed by atoms with Gasteiger partial charge in [0, 0.05) is 45.5 Å². The first-order valence-electron chi connectivity index (χ1n) is 14.7. The Kier molecular flexibility index (Phi) is 9.57. The van der Waals surface area contributed by atoms with Gasteiger partial charge in [-0.25, -0.2) is 4.98 Å². The molecule has 0 spiro atoms. The van der Waals surface area contributed by atoms with Gasteiger partial charge in [0.15, 0.2) is 0 Å². The van der Waals surface area contributed by atoms with Crippen LogP contribution in [0.4, 0.5) is 5.82 Å². The predicted octanol–water partition coefficient (Wildman–Crippen LogP) is 5.74. The van der Waals surface area contributed by atoms with Crippen molar-refractivity contribution >= 4 is 51.7 Å². The maximum Gasteiger partial charge on any atom is 0.267 e. The highest BCUT2D eigenvalue weighted by atomic mass is 32.2. The van der Waals surface area contributed by atoms with Crippen LogP contribution < -0.4 is 10.5 Å². The van der Waals surface area contributed by atoms with E-state index in [1.54, 1.807) is 15.4 Å². The molecule has 1 atom stereocenters. The number of amides is 1. The topological polar surface area (TPSA) is 61.2 Å². The van der Waals surface area contributed by atoms with Gasteiger partial charge in [-0.05, 0) is 42.5 Å². The molecule has 9 heteroatoms. The number of unbranched alkanes of at least 4 members (excludes halogenated alkanes) is 1. The van der Waals surface area contributed by atoms with E-state index in [1.807, 2.05) is 31.3 Å². The van der Waals surface area contributed by atoms with Crippen molar-refractivity contribution < 1.29 is 4.79 Å². The Bertz CT molecular complexity index is 1500. The van der Waals surface area contributed by atoms with E-state index in [-0.39, 0.29) is 11.5 Å². The monoisotopic (exact) mass is 589 g/mol. The summed E-state index contributed by atoms with van der Waals surface area (Å²) in [4.78, 5) is 39.3. The molecule has 1 unspecified atom stereocenters. The fraction of sp³-hybridized carbons (Fsp3) is 0.438. The van der Waals surface area contributed by atoms with Gasteiger partial charge in [0.2, 0.25) is 0 Å². The van der Waals surface area contributed by atoms with Gasteiger partial charge in [0.05, 0.1) is 10.5 Å². The van der Waals surface area contributed by atoms with Gasteiger partial charge in [-0.1, -0.05) is 93.5 Å². The molecule has 0 N–H and O–H groups in total. The summed E-state index contributed by atoms with van der Waals surface area (Å²) in [7, 11) is 0. The highest BCUT2D eigenvalue weighted by Gasteiger charge is 2.34. The highest BCUT2D eigenvalue weighted by molar-refractivity contribution is 8.26. The molecule has 2 aliphatic heterocycles. The van der Waals surface area contributed by atoms with Gasteiger partial charge in [0.1, 0.15) is 15.8 Å². The van der Waals surface area contributed by atoms with E-state index >= 15 is 0 Å². The minimum Gasteiger partial charge on any atom is -0.353 e. The number of aromatic nitrogens is 2. The number of fused-ring (bicyclic) bond motifs is 1. The average molecular weight is 590 g/mol. The van der Waals surface area contributed by atoms with Crippen LogP contribution in [0.25, 0.3) is 11.7 Å². The number of hydrogen-bond donors (Lipinski definition) is 0. The zero-order chi connectivity index (χ0) is 28.9. The summed E-state index contributed by atoms with van der Waals surface area (Å²) < 4.78 is 2.16. The van der Waals surface area contributed by atoms with Crippen LogP contribution in [-0.4, -0.2) is 62.1 Å². The number of rotatable bonds is 10. The first-order chi connectivity index (χ1) is 19.9. The molecule has 2 aliphatic rings. The number of thioether (sulfide) groups is 1. The third-order valence-electron chi connectivity index (χ3n) is 8.04. The van der Waals surface area contributed by atoms with Crippen molar-refractivity contribution in [1.29, 1.82) is 0 Å². The lowest BCUT2D eigenvalue weighted by molar-refractivity contribution is -0.122. The lowest BCUT2D eigenvalue weighted by Gasteiger charge is -2.36. The summed E-state index contributed by atoms with van der Waals surface area (Å²) in [5.41, 5.74) is 3.15. The molecular formula is C32H39N5O2S2. The van der Waals surface area contributed by atoms with E-state index in [0.29, 0.717) is 38.7 Å². The minimum absolute atomic E-state index is 0.109. The molecule has 2 fully saturated rings. The molecule has 7 nitrogen and oxygen atoms in total. The van der Waals surface area contributed by atoms with Crippen LogP contribution in [0.2, 0.25) is 0 Å². The van der Waals surface area contributed by atoms with E-state index < -0.39 is 0 Å². The Hall–Kier alpha value is -3.01. The first-order valence-corrected chi connectivity index (χ1v) is 15.9. The molecule has 0 radical (unpaired) electrons. The van der Waals surface area contributed by atoms with Crippen LogP contribution in [0, 0.1) is 12.8 Å². The zero-order valence-corrected chi connectivity index (χ0v) is 25.8. The standard InChI is InChI=1S/C32H39N5O2S2/c1-4-6-10-24(5-2)22-37-31(39)27(41-32(37)40)19-26-29(33-28-14-13-23(3)20-36(28)30(26)38)35-17-15-34(16-18-35)21-25-11-8-7-9-12-25/h7-9,11-14,19-20,24H,4-6,10,15-18,21-22H2,1-3H3. The number of aryl methyl sites for hydroxylation is 1. The van der Waals surface area contributed by atoms with Gasteiger partial charge in [-0.3, -0.25) is 23.8 Å². The number of anilines is 1. The Morgan fingerprint density at radius 3 is 2.51 bits per heavy atom. The molecule has 5 rings (SSSR count). The second-order valence-electron chi connectivity index (χ2n) is 11.0. The minimum atomic E-state index is -0.167. The van der Waals surface area contributed by atoms with Gasteiger partial charge < -0.3 is 4.90 Å². The van der Waals surface area contributed by atoms with Gasteiger partial charge >= 0.3 is 0 Å². The largest absolute Gasteiger partial charge is 0.353 e. The number of piperazine rings is 1. The molecule has 0 saturated carbocycles. The molecule has 41 heavy (non-hydrogen) atoms. The number of nitrogens with zero attached hydrogens (tertiary/aromatic N) is 5. The molecule has 0 bridgehead atoms. The number of hydrogen-bond acceptors (Lipinski definition) is 7. The van der Waals surface area contributed by atoms with Crippen molar-refractivity contribution in [3.63, 3.8) is 0 Å². The summed E-state index contributed by atoms with van der Waals surface area (Å²) in [5, 5.41) is 0. The van der Waals surface area contributed by atoms with Gasteiger partial charge in [0.25, 0.3) is 11.5 Å². The highest BCUT2D eigenvalue weighted by Crippen LogP contribution is 2.35. The van der Waals surface area contributed by atoms with Crippen LogP contribution in [0.1, 0.15) is 56.2 Å². The Morgan fingerprint density at radius 1 is 1.05 bits per heavy atom. The lowest BCUT2D eigenvalue weighted by Crippen LogP contribution is -2.47. The van der Waals surface area contributed by atoms with Crippen LogP contribution in [0.5, 0.6) is 0 Å². The number of pyridine rings is 1.